The van der Waals surface area contributed by atoms with Gasteiger partial charge in [-0.3, -0.25) is 8.98 Å². The lowest BCUT2D eigenvalue weighted by Gasteiger charge is -2.07. The van der Waals surface area contributed by atoms with E-state index in [1.165, 1.54) is 0 Å². The first-order valence-electron chi connectivity index (χ1n) is 3.61. The molecule has 0 aliphatic carbocycles. The van der Waals surface area contributed by atoms with Crippen LogP contribution in [0.25, 0.3) is 0 Å². The summed E-state index contributed by atoms with van der Waals surface area (Å²) in [7, 11) is -3.38. The number of nitrogens with one attached hydrogen (secondary N) is 1. The predicted octanol–water partition coefficient (Wildman–Crippen LogP) is -0.759. The Hall–Kier alpha value is -0.620. The highest BCUT2D eigenvalue weighted by molar-refractivity contribution is 7.85. The highest BCUT2D eigenvalue weighted by atomic mass is 32.2. The third kappa shape index (κ3) is 3.19. The van der Waals surface area contributed by atoms with Gasteiger partial charge in [0.1, 0.15) is 0 Å². The molecule has 1 saturated heterocycles. The molecule has 1 fully saturated rings. The van der Waals surface area contributed by atoms with Crippen molar-refractivity contribution in [2.75, 3.05) is 12.9 Å². The van der Waals surface area contributed by atoms with Crippen LogP contribution < -0.4 is 5.32 Å². The molecule has 0 aromatic rings. The third-order valence-electron chi connectivity index (χ3n) is 1.57. The van der Waals surface area contributed by atoms with Gasteiger partial charge in [-0.25, -0.2) is 0 Å². The van der Waals surface area contributed by atoms with E-state index in [4.69, 9.17) is 0 Å². The average molecular weight is 193 g/mol. The highest BCUT2D eigenvalue weighted by Crippen LogP contribution is 2.07. The Bertz CT molecular complexity index is 271. The summed E-state index contributed by atoms with van der Waals surface area (Å²) < 4.78 is 25.6. The van der Waals surface area contributed by atoms with Gasteiger partial charge >= 0.3 is 0 Å². The van der Waals surface area contributed by atoms with Crippen molar-refractivity contribution in [3.05, 3.63) is 0 Å². The van der Waals surface area contributed by atoms with Crippen LogP contribution in [0.3, 0.4) is 0 Å². The summed E-state index contributed by atoms with van der Waals surface area (Å²) in [6, 6.07) is -0.146. The molecule has 0 aromatic heterocycles. The van der Waals surface area contributed by atoms with Crippen molar-refractivity contribution in [2.45, 2.75) is 18.9 Å². The monoisotopic (exact) mass is 193 g/mol. The van der Waals surface area contributed by atoms with E-state index in [9.17, 15) is 13.2 Å². The minimum atomic E-state index is -3.38. The van der Waals surface area contributed by atoms with Crippen LogP contribution in [0, 0.1) is 0 Å². The molecular weight excluding hydrogens is 182 g/mol. The molecule has 5 nitrogen and oxygen atoms in total. The number of carbonyl (C=O) groups excluding carboxylic acids is 1. The van der Waals surface area contributed by atoms with Crippen LogP contribution in [0.2, 0.25) is 0 Å². The predicted molar refractivity (Wildman–Crippen MR) is 42.0 cm³/mol. The fourth-order valence-electron chi connectivity index (χ4n) is 1.01. The first-order chi connectivity index (χ1) is 5.47. The van der Waals surface area contributed by atoms with E-state index in [0.29, 0.717) is 12.8 Å². The molecule has 12 heavy (non-hydrogen) atoms. The lowest BCUT2D eigenvalue weighted by atomic mass is 10.2. The zero-order valence-corrected chi connectivity index (χ0v) is 7.56. The maximum absolute atomic E-state index is 10.7. The second-order valence-corrected chi connectivity index (χ2v) is 4.44. The van der Waals surface area contributed by atoms with Crippen LogP contribution in [0.15, 0.2) is 0 Å². The molecule has 1 rings (SSSR count). The lowest BCUT2D eigenvalue weighted by molar-refractivity contribution is -0.119. The molecule has 0 radical (unpaired) electrons. The molecule has 6 heteroatoms. The van der Waals surface area contributed by atoms with Gasteiger partial charge in [0.15, 0.2) is 0 Å². The van der Waals surface area contributed by atoms with E-state index >= 15 is 0 Å². The fourth-order valence-corrected chi connectivity index (χ4v) is 1.42. The van der Waals surface area contributed by atoms with Crippen LogP contribution in [0.1, 0.15) is 12.8 Å². The van der Waals surface area contributed by atoms with Gasteiger partial charge in [-0.2, -0.15) is 8.42 Å². The number of hydrogen-bond acceptors (Lipinski definition) is 4. The van der Waals surface area contributed by atoms with E-state index in [1.807, 2.05) is 0 Å². The van der Waals surface area contributed by atoms with Crippen molar-refractivity contribution >= 4 is 16.0 Å². The first kappa shape index (κ1) is 9.47. The summed E-state index contributed by atoms with van der Waals surface area (Å²) >= 11 is 0. The molecule has 1 aliphatic heterocycles. The number of hydrogen-bond donors (Lipinski definition) is 1. The van der Waals surface area contributed by atoms with Crippen molar-refractivity contribution in [1.82, 2.24) is 5.32 Å². The minimum Gasteiger partial charge on any atom is -0.351 e. The molecular formula is C6H11NO4S. The Morgan fingerprint density at radius 3 is 2.75 bits per heavy atom. The summed E-state index contributed by atoms with van der Waals surface area (Å²) in [6.45, 7) is 0.0462. The fraction of sp³-hybridized carbons (Fsp3) is 0.833. The maximum Gasteiger partial charge on any atom is 0.264 e. The number of carbonyl (C=O) groups is 1. The van der Waals surface area contributed by atoms with Crippen molar-refractivity contribution in [3.8, 4) is 0 Å². The standard InChI is InChI=1S/C6H11NO4S/c1-12(9,10)11-4-5-2-3-6(8)7-5/h5H,2-4H2,1H3,(H,7,8)/t5-/m1/s1. The van der Waals surface area contributed by atoms with Gasteiger partial charge in [0, 0.05) is 6.42 Å². The van der Waals surface area contributed by atoms with Crippen LogP contribution >= 0.6 is 0 Å². The van der Waals surface area contributed by atoms with E-state index in [0.717, 1.165) is 6.26 Å². The molecule has 0 aromatic carbocycles. The minimum absolute atomic E-state index is 0.0444. The zero-order chi connectivity index (χ0) is 9.19. The topological polar surface area (TPSA) is 72.5 Å². The first-order valence-corrected chi connectivity index (χ1v) is 5.43. The van der Waals surface area contributed by atoms with Crippen molar-refractivity contribution in [1.29, 1.82) is 0 Å². The molecule has 1 atom stereocenters. The quantitative estimate of drug-likeness (QED) is 0.598. The Morgan fingerprint density at radius 2 is 2.33 bits per heavy atom. The lowest BCUT2D eigenvalue weighted by Crippen LogP contribution is -2.30. The molecule has 0 bridgehead atoms. The van der Waals surface area contributed by atoms with Crippen LogP contribution in [0.5, 0.6) is 0 Å². The second kappa shape index (κ2) is 3.40. The summed E-state index contributed by atoms with van der Waals surface area (Å²) in [4.78, 5) is 10.7. The molecule has 0 unspecified atom stereocenters. The van der Waals surface area contributed by atoms with E-state index in [-0.39, 0.29) is 18.6 Å². The second-order valence-electron chi connectivity index (χ2n) is 2.79. The summed E-state index contributed by atoms with van der Waals surface area (Å²) in [5.74, 6) is -0.0444. The molecule has 1 aliphatic rings. The van der Waals surface area contributed by atoms with E-state index in [1.54, 1.807) is 0 Å². The SMILES string of the molecule is CS(=O)(=O)OC[C@H]1CCC(=O)N1. The Kier molecular flexibility index (Phi) is 2.69. The smallest absolute Gasteiger partial charge is 0.264 e. The van der Waals surface area contributed by atoms with Crippen LogP contribution in [-0.2, 0) is 19.1 Å². The Labute approximate surface area is 71.2 Å². The summed E-state index contributed by atoms with van der Waals surface area (Å²) in [5, 5.41) is 2.60. The average Bonchev–Trinajstić information content (AvgIpc) is 2.30. The highest BCUT2D eigenvalue weighted by Gasteiger charge is 2.21. The Morgan fingerprint density at radius 1 is 1.67 bits per heavy atom. The molecule has 1 amide bonds. The third-order valence-corrected chi connectivity index (χ3v) is 2.13. The molecule has 70 valence electrons. The van der Waals surface area contributed by atoms with Crippen LogP contribution in [-0.4, -0.2) is 33.2 Å². The normalized spacial score (nSPS) is 24.1. The van der Waals surface area contributed by atoms with Crippen molar-refractivity contribution in [2.24, 2.45) is 0 Å². The van der Waals surface area contributed by atoms with Gasteiger partial charge in [-0.05, 0) is 6.42 Å². The Balaban J connectivity index is 2.30. The van der Waals surface area contributed by atoms with Gasteiger partial charge in [-0.15, -0.1) is 0 Å². The molecule has 1 N–H and O–H groups in total. The van der Waals surface area contributed by atoms with Crippen LogP contribution in [0.4, 0.5) is 0 Å². The van der Waals surface area contributed by atoms with Crippen molar-refractivity contribution in [3.63, 3.8) is 0 Å². The summed E-state index contributed by atoms with van der Waals surface area (Å²) in [5.41, 5.74) is 0. The molecule has 1 heterocycles. The molecule has 0 saturated carbocycles. The largest absolute Gasteiger partial charge is 0.351 e. The number of amides is 1. The maximum atomic E-state index is 10.7. The van der Waals surface area contributed by atoms with E-state index in [2.05, 4.69) is 9.50 Å². The van der Waals surface area contributed by atoms with Gasteiger partial charge in [0.25, 0.3) is 10.1 Å². The summed E-state index contributed by atoms with van der Waals surface area (Å²) in [6.07, 6.45) is 2.09. The van der Waals surface area contributed by atoms with E-state index < -0.39 is 10.1 Å². The number of rotatable bonds is 3. The molecule has 0 spiro atoms. The van der Waals surface area contributed by atoms with Gasteiger partial charge < -0.3 is 5.32 Å². The van der Waals surface area contributed by atoms with Crippen molar-refractivity contribution < 1.29 is 17.4 Å². The zero-order valence-electron chi connectivity index (χ0n) is 6.74. The van der Waals surface area contributed by atoms with Gasteiger partial charge in [0.2, 0.25) is 5.91 Å². The van der Waals surface area contributed by atoms with Gasteiger partial charge in [0.05, 0.1) is 18.9 Å². The van der Waals surface area contributed by atoms with Gasteiger partial charge in [-0.1, -0.05) is 0 Å².